The topological polar surface area (TPSA) is 175 Å². The number of fused-ring (bicyclic) bond motifs is 3. The van der Waals surface area contributed by atoms with E-state index >= 15 is 0 Å². The molecule has 24 heavy (non-hydrogen) atoms. The lowest BCUT2D eigenvalue weighted by Gasteiger charge is -2.08. The second-order valence-corrected chi connectivity index (χ2v) is 4.68. The SMILES string of the molecule is O=C(O)c1cc2c(=O)oc3c(O)c(O)cc(C(=O)O)c3c2c(=O)o1. The van der Waals surface area contributed by atoms with Crippen LogP contribution in [0.1, 0.15) is 20.9 Å². The van der Waals surface area contributed by atoms with Crippen LogP contribution in [-0.2, 0) is 0 Å². The summed E-state index contributed by atoms with van der Waals surface area (Å²) in [6, 6.07) is 1.36. The summed E-state index contributed by atoms with van der Waals surface area (Å²) in [4.78, 5) is 46.3. The lowest BCUT2D eigenvalue weighted by Crippen LogP contribution is -2.13. The number of carboxylic acid groups (broad SMARTS) is 2. The molecule has 2 heterocycles. The van der Waals surface area contributed by atoms with Crippen LogP contribution in [0.15, 0.2) is 30.6 Å². The van der Waals surface area contributed by atoms with E-state index in [1.54, 1.807) is 0 Å². The van der Waals surface area contributed by atoms with Crippen molar-refractivity contribution in [2.75, 3.05) is 0 Å². The van der Waals surface area contributed by atoms with E-state index in [-0.39, 0.29) is 0 Å². The second-order valence-electron chi connectivity index (χ2n) is 4.68. The van der Waals surface area contributed by atoms with E-state index in [0.717, 1.165) is 0 Å². The van der Waals surface area contributed by atoms with E-state index in [2.05, 4.69) is 4.42 Å². The Labute approximate surface area is 129 Å². The molecule has 4 N–H and O–H groups in total. The molecule has 0 saturated heterocycles. The molecular formula is C14H6O10. The van der Waals surface area contributed by atoms with Gasteiger partial charge in [-0.25, -0.2) is 19.2 Å². The normalized spacial score (nSPS) is 11.0. The Hall–Kier alpha value is -3.82. The fourth-order valence-corrected chi connectivity index (χ4v) is 2.29. The highest BCUT2D eigenvalue weighted by Crippen LogP contribution is 2.37. The molecule has 0 aliphatic rings. The Morgan fingerprint density at radius 2 is 1.54 bits per heavy atom. The molecule has 0 aliphatic heterocycles. The van der Waals surface area contributed by atoms with E-state index in [1.165, 1.54) is 0 Å². The number of aromatic hydroxyl groups is 2. The maximum Gasteiger partial charge on any atom is 0.371 e. The van der Waals surface area contributed by atoms with Crippen LogP contribution in [0.2, 0.25) is 0 Å². The van der Waals surface area contributed by atoms with Gasteiger partial charge >= 0.3 is 23.2 Å². The molecule has 1 aromatic carbocycles. The zero-order valence-corrected chi connectivity index (χ0v) is 11.4. The van der Waals surface area contributed by atoms with Gasteiger partial charge in [-0.2, -0.15) is 0 Å². The molecule has 0 fully saturated rings. The summed E-state index contributed by atoms with van der Waals surface area (Å²) in [6.45, 7) is 0. The van der Waals surface area contributed by atoms with Gasteiger partial charge in [-0.1, -0.05) is 0 Å². The Balaban J connectivity index is 2.72. The van der Waals surface area contributed by atoms with Crippen LogP contribution in [0.25, 0.3) is 21.7 Å². The fraction of sp³-hybridized carbons (Fsp3) is 0. The predicted molar refractivity (Wildman–Crippen MR) is 75.8 cm³/mol. The molecule has 0 bridgehead atoms. The van der Waals surface area contributed by atoms with Gasteiger partial charge in [0.1, 0.15) is 0 Å². The van der Waals surface area contributed by atoms with Crippen LogP contribution in [0.3, 0.4) is 0 Å². The molecule has 122 valence electrons. The number of hydrogen-bond acceptors (Lipinski definition) is 8. The minimum Gasteiger partial charge on any atom is -0.504 e. The fourth-order valence-electron chi connectivity index (χ4n) is 2.29. The smallest absolute Gasteiger partial charge is 0.371 e. The highest BCUT2D eigenvalue weighted by atomic mass is 16.4. The van der Waals surface area contributed by atoms with E-state index in [0.29, 0.717) is 12.1 Å². The lowest BCUT2D eigenvalue weighted by atomic mass is 10.0. The number of aromatic carboxylic acids is 2. The highest BCUT2D eigenvalue weighted by molar-refractivity contribution is 6.16. The first kappa shape index (κ1) is 15.1. The maximum absolute atomic E-state index is 12.1. The van der Waals surface area contributed by atoms with Gasteiger partial charge in [-0.05, 0) is 6.07 Å². The van der Waals surface area contributed by atoms with Crippen molar-refractivity contribution in [3.63, 3.8) is 0 Å². The predicted octanol–water partition coefficient (Wildman–Crippen LogP) is 0.707. The van der Waals surface area contributed by atoms with Gasteiger partial charge < -0.3 is 29.3 Å². The van der Waals surface area contributed by atoms with Crippen LogP contribution in [-0.4, -0.2) is 32.4 Å². The van der Waals surface area contributed by atoms with Gasteiger partial charge in [-0.3, -0.25) is 0 Å². The molecular weight excluding hydrogens is 328 g/mol. The monoisotopic (exact) mass is 334 g/mol. The number of carboxylic acids is 2. The summed E-state index contributed by atoms with van der Waals surface area (Å²) < 4.78 is 9.31. The van der Waals surface area contributed by atoms with Crippen LogP contribution in [0.4, 0.5) is 0 Å². The zero-order chi connectivity index (χ0) is 17.8. The Morgan fingerprint density at radius 1 is 0.875 bits per heavy atom. The molecule has 3 aromatic rings. The molecule has 0 unspecified atom stereocenters. The van der Waals surface area contributed by atoms with Crippen molar-refractivity contribution in [3.05, 3.63) is 44.3 Å². The average molecular weight is 334 g/mol. The molecule has 0 radical (unpaired) electrons. The van der Waals surface area contributed by atoms with Crippen LogP contribution >= 0.6 is 0 Å². The van der Waals surface area contributed by atoms with Gasteiger partial charge in [-0.15, -0.1) is 0 Å². The van der Waals surface area contributed by atoms with Gasteiger partial charge in [0.15, 0.2) is 11.3 Å². The standard InChI is InChI=1S/C14H6O10/c15-5-1-3(11(17)18)7-8-4(13(21)24-10(7)9(5)16)2-6(12(19)20)23-14(8)22/h1-2,15-16H,(H,17,18)(H,19,20). The maximum atomic E-state index is 12.1. The van der Waals surface area contributed by atoms with E-state index in [9.17, 15) is 34.5 Å². The van der Waals surface area contributed by atoms with E-state index in [4.69, 9.17) is 9.52 Å². The minimum absolute atomic E-state index is 0.502. The Kier molecular flexibility index (Phi) is 3.04. The third-order valence-corrected chi connectivity index (χ3v) is 3.29. The molecule has 0 amide bonds. The quantitative estimate of drug-likeness (QED) is 0.296. The molecule has 10 heteroatoms. The van der Waals surface area contributed by atoms with Gasteiger partial charge in [0.2, 0.25) is 11.5 Å². The molecule has 0 saturated carbocycles. The van der Waals surface area contributed by atoms with Crippen molar-refractivity contribution in [1.82, 2.24) is 0 Å². The van der Waals surface area contributed by atoms with Crippen LogP contribution in [0.5, 0.6) is 11.5 Å². The first-order chi connectivity index (χ1) is 11.2. The third-order valence-electron chi connectivity index (χ3n) is 3.29. The van der Waals surface area contributed by atoms with E-state index in [1.807, 2.05) is 0 Å². The second kappa shape index (κ2) is 4.84. The van der Waals surface area contributed by atoms with Crippen molar-refractivity contribution in [2.45, 2.75) is 0 Å². The molecule has 0 spiro atoms. The zero-order valence-electron chi connectivity index (χ0n) is 11.4. The summed E-state index contributed by atoms with van der Waals surface area (Å²) >= 11 is 0. The number of phenols is 2. The molecule has 3 rings (SSSR count). The minimum atomic E-state index is -1.62. The third kappa shape index (κ3) is 1.97. The number of benzene rings is 1. The van der Waals surface area contributed by atoms with Gasteiger partial charge in [0.05, 0.1) is 21.7 Å². The summed E-state index contributed by atoms with van der Waals surface area (Å²) in [5.74, 6) is -5.89. The first-order valence-corrected chi connectivity index (χ1v) is 6.18. The number of rotatable bonds is 2. The summed E-state index contributed by atoms with van der Waals surface area (Å²) in [7, 11) is 0. The summed E-state index contributed by atoms with van der Waals surface area (Å²) in [5, 5.41) is 35.8. The first-order valence-electron chi connectivity index (χ1n) is 6.18. The van der Waals surface area contributed by atoms with Gasteiger partial charge in [0, 0.05) is 6.07 Å². The van der Waals surface area contributed by atoms with Crippen molar-refractivity contribution >= 4 is 33.7 Å². The Bertz CT molecular complexity index is 1160. The summed E-state index contributed by atoms with van der Waals surface area (Å²) in [5.41, 5.74) is -3.91. The van der Waals surface area contributed by atoms with Crippen molar-refractivity contribution < 1.29 is 38.8 Å². The van der Waals surface area contributed by atoms with E-state index < -0.39 is 67.8 Å². The lowest BCUT2D eigenvalue weighted by molar-refractivity contribution is 0.0655. The average Bonchev–Trinajstić information content (AvgIpc) is 2.50. The van der Waals surface area contributed by atoms with Crippen LogP contribution in [0, 0.1) is 0 Å². The van der Waals surface area contributed by atoms with Crippen molar-refractivity contribution in [1.29, 1.82) is 0 Å². The summed E-state index contributed by atoms with van der Waals surface area (Å²) in [6.07, 6.45) is 0. The number of hydrogen-bond donors (Lipinski definition) is 4. The van der Waals surface area contributed by atoms with Gasteiger partial charge in [0.25, 0.3) is 0 Å². The molecule has 10 nitrogen and oxygen atoms in total. The van der Waals surface area contributed by atoms with Crippen LogP contribution < -0.4 is 11.3 Å². The van der Waals surface area contributed by atoms with Crippen molar-refractivity contribution in [2.24, 2.45) is 0 Å². The molecule has 2 aromatic heterocycles. The number of phenolic OH excluding ortho intramolecular Hbond substituents is 2. The molecule has 0 atom stereocenters. The largest absolute Gasteiger partial charge is 0.504 e. The highest BCUT2D eigenvalue weighted by Gasteiger charge is 2.25. The Morgan fingerprint density at radius 3 is 2.12 bits per heavy atom. The number of carbonyl (C=O) groups is 2. The molecule has 0 aliphatic carbocycles. The van der Waals surface area contributed by atoms with Crippen molar-refractivity contribution in [3.8, 4) is 11.5 Å².